The first kappa shape index (κ1) is 9.07. The zero-order valence-electron chi connectivity index (χ0n) is 7.91. The molecule has 0 bridgehead atoms. The SMILES string of the molecule is Cn1ccnc1C1CCCC(Cl)C1. The van der Waals surface area contributed by atoms with Crippen molar-refractivity contribution < 1.29 is 0 Å². The van der Waals surface area contributed by atoms with Crippen LogP contribution in [-0.4, -0.2) is 14.9 Å². The highest BCUT2D eigenvalue weighted by atomic mass is 35.5. The van der Waals surface area contributed by atoms with E-state index in [1.807, 2.05) is 12.4 Å². The number of hydrogen-bond donors (Lipinski definition) is 0. The average Bonchev–Trinajstić information content (AvgIpc) is 2.51. The molecule has 0 saturated heterocycles. The Morgan fingerprint density at radius 3 is 3.00 bits per heavy atom. The number of hydrogen-bond acceptors (Lipinski definition) is 1. The minimum absolute atomic E-state index is 0.357. The zero-order valence-corrected chi connectivity index (χ0v) is 8.67. The Kier molecular flexibility index (Phi) is 2.58. The van der Waals surface area contributed by atoms with Crippen molar-refractivity contribution in [2.45, 2.75) is 37.0 Å². The summed E-state index contributed by atoms with van der Waals surface area (Å²) in [6, 6.07) is 0. The van der Waals surface area contributed by atoms with Crippen LogP contribution in [0.25, 0.3) is 0 Å². The smallest absolute Gasteiger partial charge is 0.111 e. The van der Waals surface area contributed by atoms with E-state index in [1.165, 1.54) is 25.1 Å². The lowest BCUT2D eigenvalue weighted by atomic mass is 9.88. The summed E-state index contributed by atoms with van der Waals surface area (Å²) >= 11 is 6.14. The van der Waals surface area contributed by atoms with Crippen LogP contribution >= 0.6 is 11.6 Å². The normalized spacial score (nSPS) is 29.1. The van der Waals surface area contributed by atoms with E-state index in [1.54, 1.807) is 0 Å². The maximum Gasteiger partial charge on any atom is 0.111 e. The topological polar surface area (TPSA) is 17.8 Å². The molecule has 1 heterocycles. The lowest BCUT2D eigenvalue weighted by Crippen LogP contribution is -2.16. The van der Waals surface area contributed by atoms with Crippen molar-refractivity contribution >= 4 is 11.6 Å². The van der Waals surface area contributed by atoms with Gasteiger partial charge in [-0.1, -0.05) is 6.42 Å². The number of aryl methyl sites for hydroxylation is 1. The second-order valence-electron chi connectivity index (χ2n) is 3.86. The lowest BCUT2D eigenvalue weighted by Gasteiger charge is -2.24. The van der Waals surface area contributed by atoms with Gasteiger partial charge in [-0.15, -0.1) is 11.6 Å². The van der Waals surface area contributed by atoms with Crippen molar-refractivity contribution in [3.8, 4) is 0 Å². The highest BCUT2D eigenvalue weighted by Crippen LogP contribution is 2.33. The second kappa shape index (κ2) is 3.70. The molecule has 1 saturated carbocycles. The standard InChI is InChI=1S/C10H15ClN2/c1-13-6-5-12-10(13)8-3-2-4-9(11)7-8/h5-6,8-9H,2-4,7H2,1H3. The highest BCUT2D eigenvalue weighted by Gasteiger charge is 2.23. The molecule has 0 aliphatic heterocycles. The summed E-state index contributed by atoms with van der Waals surface area (Å²) in [5.41, 5.74) is 0. The highest BCUT2D eigenvalue weighted by molar-refractivity contribution is 6.20. The third-order valence-electron chi connectivity index (χ3n) is 2.83. The molecular formula is C10H15ClN2. The van der Waals surface area contributed by atoms with E-state index in [-0.39, 0.29) is 0 Å². The molecule has 0 N–H and O–H groups in total. The van der Waals surface area contributed by atoms with Gasteiger partial charge >= 0.3 is 0 Å². The van der Waals surface area contributed by atoms with Crippen LogP contribution in [0.2, 0.25) is 0 Å². The Morgan fingerprint density at radius 1 is 1.54 bits per heavy atom. The molecule has 2 rings (SSSR count). The third-order valence-corrected chi connectivity index (χ3v) is 3.23. The van der Waals surface area contributed by atoms with Gasteiger partial charge in [-0.3, -0.25) is 0 Å². The molecule has 13 heavy (non-hydrogen) atoms. The first-order valence-corrected chi connectivity index (χ1v) is 5.32. The molecule has 1 aliphatic carbocycles. The van der Waals surface area contributed by atoms with Gasteiger partial charge in [-0.25, -0.2) is 4.98 Å². The molecule has 1 fully saturated rings. The van der Waals surface area contributed by atoms with Crippen LogP contribution in [0.3, 0.4) is 0 Å². The van der Waals surface area contributed by atoms with Gasteiger partial charge in [-0.05, 0) is 19.3 Å². The largest absolute Gasteiger partial charge is 0.338 e. The molecule has 1 aromatic heterocycles. The van der Waals surface area contributed by atoms with E-state index < -0.39 is 0 Å². The summed E-state index contributed by atoms with van der Waals surface area (Å²) in [5, 5.41) is 0.357. The number of alkyl halides is 1. The molecule has 2 nitrogen and oxygen atoms in total. The Bertz CT molecular complexity index is 282. The van der Waals surface area contributed by atoms with Crippen LogP contribution in [0.15, 0.2) is 12.4 Å². The summed E-state index contributed by atoms with van der Waals surface area (Å²) < 4.78 is 2.11. The van der Waals surface area contributed by atoms with Crippen LogP contribution in [0.1, 0.15) is 37.4 Å². The third kappa shape index (κ3) is 1.88. The fraction of sp³-hybridized carbons (Fsp3) is 0.700. The molecule has 3 heteroatoms. The molecule has 0 radical (unpaired) electrons. The maximum absolute atomic E-state index is 6.14. The molecule has 1 aliphatic rings. The molecular weight excluding hydrogens is 184 g/mol. The fourth-order valence-electron chi connectivity index (χ4n) is 2.14. The molecule has 1 aromatic rings. The van der Waals surface area contributed by atoms with E-state index in [0.717, 1.165) is 6.42 Å². The van der Waals surface area contributed by atoms with Gasteiger partial charge in [0.05, 0.1) is 0 Å². The zero-order chi connectivity index (χ0) is 9.26. The summed E-state index contributed by atoms with van der Waals surface area (Å²) in [7, 11) is 2.06. The molecule has 2 atom stereocenters. The molecule has 0 spiro atoms. The average molecular weight is 199 g/mol. The Balaban J connectivity index is 2.12. The summed E-state index contributed by atoms with van der Waals surface area (Å²) in [6.07, 6.45) is 8.62. The summed E-state index contributed by atoms with van der Waals surface area (Å²) in [5.74, 6) is 1.78. The van der Waals surface area contributed by atoms with Crippen LogP contribution in [-0.2, 0) is 7.05 Å². The van der Waals surface area contributed by atoms with Crippen LogP contribution < -0.4 is 0 Å². The van der Waals surface area contributed by atoms with Gasteiger partial charge in [0, 0.05) is 30.7 Å². The number of imidazole rings is 1. The van der Waals surface area contributed by atoms with E-state index >= 15 is 0 Å². The quantitative estimate of drug-likeness (QED) is 0.635. The van der Waals surface area contributed by atoms with Crippen LogP contribution in [0.5, 0.6) is 0 Å². The van der Waals surface area contributed by atoms with Gasteiger partial charge < -0.3 is 4.57 Å². The van der Waals surface area contributed by atoms with Gasteiger partial charge in [0.25, 0.3) is 0 Å². The summed E-state index contributed by atoms with van der Waals surface area (Å²) in [4.78, 5) is 4.38. The molecule has 72 valence electrons. The van der Waals surface area contributed by atoms with Gasteiger partial charge in [0.1, 0.15) is 5.82 Å². The van der Waals surface area contributed by atoms with Crippen LogP contribution in [0, 0.1) is 0 Å². The molecule has 0 amide bonds. The minimum Gasteiger partial charge on any atom is -0.338 e. The molecule has 0 aromatic carbocycles. The predicted octanol–water partition coefficient (Wildman–Crippen LogP) is 2.69. The number of rotatable bonds is 1. The van der Waals surface area contributed by atoms with Gasteiger partial charge in [0.15, 0.2) is 0 Å². The summed E-state index contributed by atoms with van der Waals surface area (Å²) in [6.45, 7) is 0. The van der Waals surface area contributed by atoms with E-state index in [0.29, 0.717) is 11.3 Å². The Hall–Kier alpha value is -0.500. The fourth-order valence-corrected chi connectivity index (χ4v) is 2.50. The van der Waals surface area contributed by atoms with Crippen molar-refractivity contribution in [3.05, 3.63) is 18.2 Å². The maximum atomic E-state index is 6.14. The Labute approximate surface area is 83.9 Å². The first-order chi connectivity index (χ1) is 6.27. The van der Waals surface area contributed by atoms with Gasteiger partial charge in [-0.2, -0.15) is 0 Å². The second-order valence-corrected chi connectivity index (χ2v) is 4.47. The van der Waals surface area contributed by atoms with E-state index in [2.05, 4.69) is 16.6 Å². The van der Waals surface area contributed by atoms with Crippen LogP contribution in [0.4, 0.5) is 0 Å². The number of nitrogens with zero attached hydrogens (tertiary/aromatic N) is 2. The van der Waals surface area contributed by atoms with Crippen molar-refractivity contribution in [2.75, 3.05) is 0 Å². The van der Waals surface area contributed by atoms with E-state index in [4.69, 9.17) is 11.6 Å². The molecule has 2 unspecified atom stereocenters. The lowest BCUT2D eigenvalue weighted by molar-refractivity contribution is 0.427. The number of aromatic nitrogens is 2. The number of halogens is 1. The monoisotopic (exact) mass is 198 g/mol. The Morgan fingerprint density at radius 2 is 2.38 bits per heavy atom. The van der Waals surface area contributed by atoms with E-state index in [9.17, 15) is 0 Å². The van der Waals surface area contributed by atoms with Crippen molar-refractivity contribution in [3.63, 3.8) is 0 Å². The predicted molar refractivity (Wildman–Crippen MR) is 54.1 cm³/mol. The van der Waals surface area contributed by atoms with Crippen molar-refractivity contribution in [1.82, 2.24) is 9.55 Å². The van der Waals surface area contributed by atoms with Crippen molar-refractivity contribution in [1.29, 1.82) is 0 Å². The van der Waals surface area contributed by atoms with Gasteiger partial charge in [0.2, 0.25) is 0 Å². The van der Waals surface area contributed by atoms with Crippen molar-refractivity contribution in [2.24, 2.45) is 7.05 Å². The first-order valence-electron chi connectivity index (χ1n) is 4.88. The minimum atomic E-state index is 0.357.